The fourth-order valence-electron chi connectivity index (χ4n) is 3.55. The van der Waals surface area contributed by atoms with Crippen LogP contribution < -0.4 is 15.4 Å². The molecule has 2 aromatic carbocycles. The van der Waals surface area contributed by atoms with E-state index in [-0.39, 0.29) is 5.91 Å². The van der Waals surface area contributed by atoms with E-state index in [2.05, 4.69) is 36.6 Å². The number of guanidine groups is 1. The number of aromatic amines is 1. The lowest BCUT2D eigenvalue weighted by Crippen LogP contribution is -2.37. The van der Waals surface area contributed by atoms with Crippen LogP contribution in [-0.2, 0) is 6.42 Å². The van der Waals surface area contributed by atoms with Crippen LogP contribution in [0.3, 0.4) is 0 Å². The summed E-state index contributed by atoms with van der Waals surface area (Å²) in [6.07, 6.45) is 2.71. The van der Waals surface area contributed by atoms with E-state index in [1.54, 1.807) is 31.4 Å². The normalized spacial score (nSPS) is 11.4. The molecule has 0 aliphatic rings. The van der Waals surface area contributed by atoms with Crippen LogP contribution in [0.15, 0.2) is 65.8 Å². The smallest absolute Gasteiger partial charge is 0.257 e. The van der Waals surface area contributed by atoms with E-state index >= 15 is 0 Å². The number of aromatic nitrogens is 3. The highest BCUT2D eigenvalue weighted by molar-refractivity contribution is 6.09. The van der Waals surface area contributed by atoms with Crippen molar-refractivity contribution in [1.29, 1.82) is 0 Å². The number of aryl methyl sites for hydroxylation is 2. The van der Waals surface area contributed by atoms with E-state index in [1.165, 1.54) is 5.39 Å². The van der Waals surface area contributed by atoms with E-state index in [4.69, 9.17) is 4.74 Å². The second-order valence-electron chi connectivity index (χ2n) is 7.62. The lowest BCUT2D eigenvalue weighted by Gasteiger charge is -2.12. The monoisotopic (exact) mass is 442 g/mol. The number of H-pyrrole nitrogens is 1. The summed E-state index contributed by atoms with van der Waals surface area (Å²) in [4.78, 5) is 29.5. The van der Waals surface area contributed by atoms with Gasteiger partial charge in [-0.25, -0.2) is 9.97 Å². The molecule has 0 aliphatic heterocycles. The minimum absolute atomic E-state index is 0.291. The molecule has 4 rings (SSSR count). The topological polar surface area (TPSA) is 104 Å². The zero-order valence-corrected chi connectivity index (χ0v) is 18.8. The number of benzene rings is 2. The number of rotatable bonds is 6. The Labute approximate surface area is 192 Å². The van der Waals surface area contributed by atoms with E-state index in [0.717, 1.165) is 22.5 Å². The van der Waals surface area contributed by atoms with Gasteiger partial charge < -0.3 is 9.72 Å². The molecule has 2 aromatic heterocycles. The summed E-state index contributed by atoms with van der Waals surface area (Å²) in [5, 5.41) is 7.08. The number of anilines is 1. The van der Waals surface area contributed by atoms with Crippen LogP contribution in [0.5, 0.6) is 5.75 Å². The van der Waals surface area contributed by atoms with Gasteiger partial charge in [0.2, 0.25) is 11.9 Å². The molecule has 0 spiro atoms. The number of amides is 1. The van der Waals surface area contributed by atoms with Crippen LogP contribution in [0, 0.1) is 13.8 Å². The van der Waals surface area contributed by atoms with Crippen molar-refractivity contribution in [3.05, 3.63) is 83.3 Å². The molecule has 8 nitrogen and oxygen atoms in total. The van der Waals surface area contributed by atoms with E-state index in [9.17, 15) is 4.79 Å². The average Bonchev–Trinajstić information content (AvgIpc) is 3.21. The number of aliphatic imine (C=N–C) groups is 1. The van der Waals surface area contributed by atoms with Gasteiger partial charge >= 0.3 is 0 Å². The van der Waals surface area contributed by atoms with Crippen molar-refractivity contribution in [2.75, 3.05) is 19.0 Å². The summed E-state index contributed by atoms with van der Waals surface area (Å²) in [5.41, 5.74) is 4.39. The Morgan fingerprint density at radius 1 is 1.06 bits per heavy atom. The van der Waals surface area contributed by atoms with Crippen LogP contribution >= 0.6 is 0 Å². The minimum atomic E-state index is -0.291. The molecular weight excluding hydrogens is 416 g/mol. The van der Waals surface area contributed by atoms with Crippen LogP contribution in [0.1, 0.15) is 27.3 Å². The molecule has 168 valence electrons. The molecule has 0 radical (unpaired) electrons. The predicted octanol–water partition coefficient (Wildman–Crippen LogP) is 4.02. The number of fused-ring (bicyclic) bond motifs is 1. The van der Waals surface area contributed by atoms with Gasteiger partial charge in [0, 0.05) is 40.6 Å². The van der Waals surface area contributed by atoms with Crippen LogP contribution in [0.4, 0.5) is 5.95 Å². The summed E-state index contributed by atoms with van der Waals surface area (Å²) in [6, 6.07) is 16.9. The Bertz CT molecular complexity index is 1270. The zero-order chi connectivity index (χ0) is 23.2. The van der Waals surface area contributed by atoms with Crippen molar-refractivity contribution in [3.8, 4) is 5.75 Å². The summed E-state index contributed by atoms with van der Waals surface area (Å²) >= 11 is 0. The number of nitrogens with one attached hydrogen (secondary N) is 3. The van der Waals surface area contributed by atoms with E-state index < -0.39 is 0 Å². The number of nitrogens with zero attached hydrogens (tertiary/aromatic N) is 3. The molecule has 4 aromatic rings. The molecule has 0 atom stereocenters. The third kappa shape index (κ3) is 5.54. The second-order valence-corrected chi connectivity index (χ2v) is 7.62. The van der Waals surface area contributed by atoms with Crippen LogP contribution in [-0.4, -0.2) is 40.5 Å². The number of carbonyl (C=O) groups is 1. The first kappa shape index (κ1) is 22.0. The molecule has 3 N–H and O–H groups in total. The molecule has 0 saturated carbocycles. The Morgan fingerprint density at radius 2 is 1.79 bits per heavy atom. The quantitative estimate of drug-likeness (QED) is 0.309. The summed E-state index contributed by atoms with van der Waals surface area (Å²) < 4.78 is 5.16. The maximum absolute atomic E-state index is 12.8. The highest BCUT2D eigenvalue weighted by Crippen LogP contribution is 2.18. The van der Waals surface area contributed by atoms with Crippen molar-refractivity contribution in [2.45, 2.75) is 20.3 Å². The number of para-hydroxylation sites is 1. The maximum Gasteiger partial charge on any atom is 0.257 e. The van der Waals surface area contributed by atoms with Gasteiger partial charge in [0.15, 0.2) is 0 Å². The number of carbonyl (C=O) groups excluding carboxylic acids is 1. The van der Waals surface area contributed by atoms with Crippen molar-refractivity contribution in [3.63, 3.8) is 0 Å². The summed E-state index contributed by atoms with van der Waals surface area (Å²) in [7, 11) is 1.58. The first-order chi connectivity index (χ1) is 16.0. The Morgan fingerprint density at radius 3 is 2.52 bits per heavy atom. The lowest BCUT2D eigenvalue weighted by atomic mass is 10.1. The second kappa shape index (κ2) is 9.95. The third-order valence-electron chi connectivity index (χ3n) is 5.12. The molecule has 8 heteroatoms. The van der Waals surface area contributed by atoms with Crippen LogP contribution in [0.2, 0.25) is 0 Å². The van der Waals surface area contributed by atoms with E-state index in [0.29, 0.717) is 36.2 Å². The standard InChI is InChI=1S/C25H26N6O2/c1-16-14-17(2)29-25(28-16)31-24(30-23(32)18-8-10-20(33-3)11-9-18)26-13-12-19-15-27-22-7-5-4-6-21(19)22/h4-11,14-15,27H,12-13H2,1-3H3,(H2,26,28,29,30,31,32). The summed E-state index contributed by atoms with van der Waals surface area (Å²) in [6.45, 7) is 4.26. The third-order valence-corrected chi connectivity index (χ3v) is 5.12. The fourth-order valence-corrected chi connectivity index (χ4v) is 3.55. The van der Waals surface area contributed by atoms with Crippen molar-refractivity contribution >= 4 is 28.7 Å². The molecule has 0 saturated heterocycles. The Kier molecular flexibility index (Phi) is 6.64. The number of hydrogen-bond acceptors (Lipinski definition) is 5. The first-order valence-electron chi connectivity index (χ1n) is 10.7. The molecular formula is C25H26N6O2. The predicted molar refractivity (Wildman–Crippen MR) is 130 cm³/mol. The Balaban J connectivity index is 1.53. The number of hydrogen-bond donors (Lipinski definition) is 3. The van der Waals surface area contributed by atoms with Gasteiger partial charge in [-0.15, -0.1) is 0 Å². The molecule has 1 amide bonds. The highest BCUT2D eigenvalue weighted by Gasteiger charge is 2.12. The van der Waals surface area contributed by atoms with E-state index in [1.807, 2.05) is 44.3 Å². The van der Waals surface area contributed by atoms with Gasteiger partial charge in [0.05, 0.1) is 7.11 Å². The molecule has 33 heavy (non-hydrogen) atoms. The highest BCUT2D eigenvalue weighted by atomic mass is 16.5. The molecule has 0 bridgehead atoms. The van der Waals surface area contributed by atoms with Gasteiger partial charge in [0.1, 0.15) is 5.75 Å². The van der Waals surface area contributed by atoms with Crippen molar-refractivity contribution < 1.29 is 9.53 Å². The Hall–Kier alpha value is -4.20. The fraction of sp³-hybridized carbons (Fsp3) is 0.200. The first-order valence-corrected chi connectivity index (χ1v) is 10.7. The lowest BCUT2D eigenvalue weighted by molar-refractivity contribution is 0.0977. The van der Waals surface area contributed by atoms with Crippen molar-refractivity contribution in [2.24, 2.45) is 4.99 Å². The van der Waals surface area contributed by atoms with Gasteiger partial charge in [-0.1, -0.05) is 18.2 Å². The van der Waals surface area contributed by atoms with Crippen LogP contribution in [0.25, 0.3) is 10.9 Å². The minimum Gasteiger partial charge on any atom is -0.497 e. The number of methoxy groups -OCH3 is 1. The average molecular weight is 443 g/mol. The zero-order valence-electron chi connectivity index (χ0n) is 18.8. The van der Waals surface area contributed by atoms with Gasteiger partial charge in [-0.2, -0.15) is 0 Å². The van der Waals surface area contributed by atoms with Gasteiger partial charge in [-0.05, 0) is 62.2 Å². The molecule has 2 heterocycles. The molecule has 0 unspecified atom stereocenters. The molecule has 0 aliphatic carbocycles. The SMILES string of the molecule is COc1ccc(C(=O)NC(=NCCc2c[nH]c3ccccc23)Nc2nc(C)cc(C)n2)cc1. The van der Waals surface area contributed by atoms with Gasteiger partial charge in [-0.3, -0.25) is 20.4 Å². The number of ether oxygens (including phenoxy) is 1. The maximum atomic E-state index is 12.8. The van der Waals surface area contributed by atoms with Gasteiger partial charge in [0.25, 0.3) is 5.91 Å². The van der Waals surface area contributed by atoms with Crippen molar-refractivity contribution in [1.82, 2.24) is 20.3 Å². The molecule has 0 fully saturated rings. The largest absolute Gasteiger partial charge is 0.497 e. The summed E-state index contributed by atoms with van der Waals surface area (Å²) in [5.74, 6) is 1.07.